The van der Waals surface area contributed by atoms with Crippen molar-refractivity contribution in [2.75, 3.05) is 19.0 Å². The second-order valence-corrected chi connectivity index (χ2v) is 7.70. The molecule has 2 aromatic carbocycles. The van der Waals surface area contributed by atoms with Crippen LogP contribution in [0.15, 0.2) is 47.4 Å². The van der Waals surface area contributed by atoms with Gasteiger partial charge in [-0.25, -0.2) is 8.42 Å². The van der Waals surface area contributed by atoms with Crippen molar-refractivity contribution in [1.29, 1.82) is 0 Å². The van der Waals surface area contributed by atoms with E-state index in [0.29, 0.717) is 11.4 Å². The molecule has 0 fully saturated rings. The van der Waals surface area contributed by atoms with Crippen molar-refractivity contribution < 1.29 is 22.7 Å². The van der Waals surface area contributed by atoms with E-state index < -0.39 is 22.0 Å². The summed E-state index contributed by atoms with van der Waals surface area (Å²) in [4.78, 5) is 12.2. The fraction of sp³-hybridized carbons (Fsp3) is 0.278. The van der Waals surface area contributed by atoms with E-state index in [-0.39, 0.29) is 22.3 Å². The van der Waals surface area contributed by atoms with Gasteiger partial charge in [0.05, 0.1) is 19.8 Å². The quantitative estimate of drug-likeness (QED) is 0.695. The molecule has 9 heteroatoms. The van der Waals surface area contributed by atoms with Gasteiger partial charge in [-0.2, -0.15) is 4.72 Å². The third-order valence-corrected chi connectivity index (χ3v) is 5.37. The molecule has 2 rings (SSSR count). The van der Waals surface area contributed by atoms with Crippen molar-refractivity contribution in [2.24, 2.45) is 0 Å². The van der Waals surface area contributed by atoms with Crippen LogP contribution < -0.4 is 19.5 Å². The molecule has 0 spiro atoms. The number of carbonyl (C=O) groups is 1. The minimum absolute atomic E-state index is 0.124. The maximum Gasteiger partial charge on any atom is 0.245 e. The van der Waals surface area contributed by atoms with Crippen LogP contribution in [0.2, 0.25) is 5.02 Å². The fourth-order valence-corrected chi connectivity index (χ4v) is 3.85. The van der Waals surface area contributed by atoms with E-state index in [9.17, 15) is 13.2 Å². The number of anilines is 1. The van der Waals surface area contributed by atoms with Crippen LogP contribution in [0.25, 0.3) is 0 Å². The zero-order chi connectivity index (χ0) is 20.0. The largest absolute Gasteiger partial charge is 0.497 e. The van der Waals surface area contributed by atoms with Gasteiger partial charge in [0.25, 0.3) is 0 Å². The number of ether oxygens (including phenoxy) is 2. The van der Waals surface area contributed by atoms with Crippen molar-refractivity contribution in [3.8, 4) is 11.5 Å². The monoisotopic (exact) mass is 412 g/mol. The van der Waals surface area contributed by atoms with E-state index in [1.165, 1.54) is 32.2 Å². The highest BCUT2D eigenvalue weighted by atomic mass is 35.5. The average molecular weight is 413 g/mol. The Labute approximate surface area is 163 Å². The molecule has 27 heavy (non-hydrogen) atoms. The lowest BCUT2D eigenvalue weighted by Gasteiger charge is -2.16. The van der Waals surface area contributed by atoms with Gasteiger partial charge in [-0.3, -0.25) is 4.79 Å². The van der Waals surface area contributed by atoms with Crippen LogP contribution in [-0.4, -0.2) is 34.1 Å². The molecule has 0 saturated heterocycles. The predicted molar refractivity (Wildman–Crippen MR) is 104 cm³/mol. The van der Waals surface area contributed by atoms with Gasteiger partial charge < -0.3 is 14.8 Å². The average Bonchev–Trinajstić information content (AvgIpc) is 2.63. The Hall–Kier alpha value is -2.29. The highest BCUT2D eigenvalue weighted by molar-refractivity contribution is 7.89. The summed E-state index contributed by atoms with van der Waals surface area (Å²) in [5.41, 5.74) is 0.518. The van der Waals surface area contributed by atoms with Gasteiger partial charge in [0.1, 0.15) is 16.4 Å². The number of benzene rings is 2. The molecule has 2 N–H and O–H groups in total. The number of amides is 1. The Morgan fingerprint density at radius 2 is 1.85 bits per heavy atom. The molecule has 1 atom stereocenters. The molecule has 0 bridgehead atoms. The first-order chi connectivity index (χ1) is 12.8. The molecule has 1 amide bonds. The smallest absolute Gasteiger partial charge is 0.245 e. The summed E-state index contributed by atoms with van der Waals surface area (Å²) in [5, 5.41) is 2.88. The Morgan fingerprint density at radius 3 is 2.44 bits per heavy atom. The number of nitrogens with one attached hydrogen (secondary N) is 2. The Morgan fingerprint density at radius 1 is 1.19 bits per heavy atom. The van der Waals surface area contributed by atoms with Gasteiger partial charge in [-0.1, -0.05) is 11.6 Å². The molecule has 0 aliphatic rings. The van der Waals surface area contributed by atoms with E-state index in [0.717, 1.165) is 0 Å². The third kappa shape index (κ3) is 5.59. The van der Waals surface area contributed by atoms with E-state index in [1.54, 1.807) is 31.2 Å². The van der Waals surface area contributed by atoms with Crippen molar-refractivity contribution in [2.45, 2.75) is 24.8 Å². The van der Waals surface area contributed by atoms with Gasteiger partial charge in [-0.15, -0.1) is 0 Å². The highest BCUT2D eigenvalue weighted by Gasteiger charge is 2.25. The molecule has 0 heterocycles. The van der Waals surface area contributed by atoms with Crippen LogP contribution in [-0.2, 0) is 14.8 Å². The molecular formula is C18H21ClN2O5S. The number of halogens is 1. The van der Waals surface area contributed by atoms with Crippen molar-refractivity contribution in [3.05, 3.63) is 47.5 Å². The maximum absolute atomic E-state index is 12.7. The van der Waals surface area contributed by atoms with Crippen molar-refractivity contribution in [1.82, 2.24) is 4.72 Å². The van der Waals surface area contributed by atoms with Gasteiger partial charge in [0.15, 0.2) is 0 Å². The number of hydrogen-bond acceptors (Lipinski definition) is 5. The highest BCUT2D eigenvalue weighted by Crippen LogP contribution is 2.27. The maximum atomic E-state index is 12.7. The zero-order valence-corrected chi connectivity index (χ0v) is 16.7. The molecule has 2 aromatic rings. The van der Waals surface area contributed by atoms with E-state index in [4.69, 9.17) is 21.1 Å². The molecule has 146 valence electrons. The SMILES string of the molecule is CCOc1ccc(Cl)cc1S(=O)(=O)NC(C)C(=O)Nc1ccc(OC)cc1. The van der Waals surface area contributed by atoms with Gasteiger partial charge in [0, 0.05) is 10.7 Å². The molecule has 0 aliphatic carbocycles. The summed E-state index contributed by atoms with van der Waals surface area (Å²) >= 11 is 5.92. The Balaban J connectivity index is 2.14. The molecule has 7 nitrogen and oxygen atoms in total. The number of hydrogen-bond donors (Lipinski definition) is 2. The fourth-order valence-electron chi connectivity index (χ4n) is 2.24. The third-order valence-electron chi connectivity index (χ3n) is 3.58. The standard InChI is InChI=1S/C18H21ClN2O5S/c1-4-26-16-10-5-13(19)11-17(16)27(23,24)21-12(2)18(22)20-14-6-8-15(25-3)9-7-14/h5-12,21H,4H2,1-3H3,(H,20,22). The van der Waals surface area contributed by atoms with Crippen molar-refractivity contribution in [3.63, 3.8) is 0 Å². The lowest BCUT2D eigenvalue weighted by molar-refractivity contribution is -0.117. The van der Waals surface area contributed by atoms with E-state index in [2.05, 4.69) is 10.0 Å². The minimum atomic E-state index is -4.02. The van der Waals surface area contributed by atoms with Gasteiger partial charge >= 0.3 is 0 Å². The molecular weight excluding hydrogens is 392 g/mol. The molecule has 0 aliphatic heterocycles. The lowest BCUT2D eigenvalue weighted by atomic mass is 10.2. The molecule has 1 unspecified atom stereocenters. The first-order valence-corrected chi connectivity index (χ1v) is 10.0. The topological polar surface area (TPSA) is 93.7 Å². The van der Waals surface area contributed by atoms with Crippen LogP contribution in [0.5, 0.6) is 11.5 Å². The summed E-state index contributed by atoms with van der Waals surface area (Å²) < 4.78 is 38.1. The second-order valence-electron chi connectivity index (χ2n) is 5.58. The van der Waals surface area contributed by atoms with Crippen LogP contribution >= 0.6 is 11.6 Å². The van der Waals surface area contributed by atoms with Crippen LogP contribution in [0.4, 0.5) is 5.69 Å². The number of rotatable bonds is 8. The predicted octanol–water partition coefficient (Wildman–Crippen LogP) is 3.05. The lowest BCUT2D eigenvalue weighted by Crippen LogP contribution is -2.41. The first kappa shape index (κ1) is 21.0. The summed E-state index contributed by atoms with van der Waals surface area (Å²) in [5.74, 6) is 0.298. The molecule has 0 aromatic heterocycles. The first-order valence-electron chi connectivity index (χ1n) is 8.16. The number of methoxy groups -OCH3 is 1. The zero-order valence-electron chi connectivity index (χ0n) is 15.2. The summed E-state index contributed by atoms with van der Waals surface area (Å²) in [6.45, 7) is 3.47. The molecule has 0 radical (unpaired) electrons. The van der Waals surface area contributed by atoms with Crippen LogP contribution in [0, 0.1) is 0 Å². The van der Waals surface area contributed by atoms with E-state index in [1.807, 2.05) is 0 Å². The van der Waals surface area contributed by atoms with Crippen LogP contribution in [0.3, 0.4) is 0 Å². The second kappa shape index (κ2) is 9.07. The van der Waals surface area contributed by atoms with E-state index >= 15 is 0 Å². The summed E-state index contributed by atoms with van der Waals surface area (Å²) in [6.07, 6.45) is 0. The minimum Gasteiger partial charge on any atom is -0.497 e. The summed E-state index contributed by atoms with van der Waals surface area (Å²) in [7, 11) is -2.48. The van der Waals surface area contributed by atoms with Crippen molar-refractivity contribution >= 4 is 33.2 Å². The van der Waals surface area contributed by atoms with Gasteiger partial charge in [0.2, 0.25) is 15.9 Å². The van der Waals surface area contributed by atoms with Crippen LogP contribution in [0.1, 0.15) is 13.8 Å². The summed E-state index contributed by atoms with van der Waals surface area (Å²) in [6, 6.07) is 9.95. The molecule has 0 saturated carbocycles. The normalized spacial score (nSPS) is 12.3. The number of carbonyl (C=O) groups excluding carboxylic acids is 1. The van der Waals surface area contributed by atoms with Gasteiger partial charge in [-0.05, 0) is 56.3 Å². The Kier molecular flexibility index (Phi) is 7.06. The number of sulfonamides is 1. The Bertz CT molecular complexity index is 900.